The number of hydrogen-bond acceptors (Lipinski definition) is 4. The molecule has 2 aromatic carbocycles. The highest BCUT2D eigenvalue weighted by Gasteiger charge is 2.11. The minimum atomic E-state index is -0.421. The SMILES string of the molecule is O=C(Cc1ccc(Br)cc1)Nc1cc(C(=O)NCc2ccc(F)cc2)ncn1. The number of hydrogen-bond donors (Lipinski definition) is 2. The summed E-state index contributed by atoms with van der Waals surface area (Å²) >= 11 is 3.35. The Hall–Kier alpha value is -3.13. The van der Waals surface area contributed by atoms with Crippen molar-refractivity contribution in [1.82, 2.24) is 15.3 Å². The van der Waals surface area contributed by atoms with E-state index in [1.54, 1.807) is 12.1 Å². The summed E-state index contributed by atoms with van der Waals surface area (Å²) in [5, 5.41) is 5.35. The van der Waals surface area contributed by atoms with Crippen molar-refractivity contribution in [2.45, 2.75) is 13.0 Å². The van der Waals surface area contributed by atoms with E-state index in [0.717, 1.165) is 15.6 Å². The summed E-state index contributed by atoms with van der Waals surface area (Å²) in [4.78, 5) is 32.3. The van der Waals surface area contributed by atoms with E-state index in [2.05, 4.69) is 36.5 Å². The second-order valence-electron chi connectivity index (χ2n) is 5.95. The molecule has 0 unspecified atom stereocenters. The Morgan fingerprint density at radius 1 is 0.964 bits per heavy atom. The average Bonchev–Trinajstić information content (AvgIpc) is 2.69. The molecule has 1 heterocycles. The highest BCUT2D eigenvalue weighted by atomic mass is 79.9. The van der Waals surface area contributed by atoms with Crippen molar-refractivity contribution in [3.63, 3.8) is 0 Å². The number of benzene rings is 2. The second kappa shape index (κ2) is 9.18. The molecule has 8 heteroatoms. The van der Waals surface area contributed by atoms with Crippen LogP contribution in [0.1, 0.15) is 21.6 Å². The van der Waals surface area contributed by atoms with Gasteiger partial charge in [-0.3, -0.25) is 9.59 Å². The molecule has 0 spiro atoms. The lowest BCUT2D eigenvalue weighted by atomic mass is 10.1. The van der Waals surface area contributed by atoms with E-state index < -0.39 is 5.91 Å². The van der Waals surface area contributed by atoms with Crippen molar-refractivity contribution in [1.29, 1.82) is 0 Å². The first-order chi connectivity index (χ1) is 13.5. The molecule has 6 nitrogen and oxygen atoms in total. The fourth-order valence-corrected chi connectivity index (χ4v) is 2.66. The number of nitrogens with one attached hydrogen (secondary N) is 2. The molecule has 0 bridgehead atoms. The van der Waals surface area contributed by atoms with Gasteiger partial charge >= 0.3 is 0 Å². The Labute approximate surface area is 169 Å². The van der Waals surface area contributed by atoms with Crippen LogP contribution in [0, 0.1) is 5.82 Å². The van der Waals surface area contributed by atoms with Crippen LogP contribution in [-0.4, -0.2) is 21.8 Å². The number of nitrogens with zero attached hydrogens (tertiary/aromatic N) is 2. The molecule has 2 N–H and O–H groups in total. The van der Waals surface area contributed by atoms with E-state index >= 15 is 0 Å². The molecular formula is C20H16BrFN4O2. The van der Waals surface area contributed by atoms with Gasteiger partial charge in [0.05, 0.1) is 6.42 Å². The van der Waals surface area contributed by atoms with Gasteiger partial charge in [0, 0.05) is 17.1 Å². The third-order valence-electron chi connectivity index (χ3n) is 3.81. The maximum Gasteiger partial charge on any atom is 0.270 e. The van der Waals surface area contributed by atoms with Gasteiger partial charge in [-0.05, 0) is 35.4 Å². The molecule has 0 aliphatic rings. The zero-order valence-electron chi connectivity index (χ0n) is 14.7. The van der Waals surface area contributed by atoms with Gasteiger partial charge in [0.15, 0.2) is 0 Å². The first-order valence-corrected chi connectivity index (χ1v) is 9.18. The number of aromatic nitrogens is 2. The molecule has 3 rings (SSSR count). The molecule has 0 saturated carbocycles. The number of amides is 2. The Morgan fingerprint density at radius 2 is 1.64 bits per heavy atom. The van der Waals surface area contributed by atoms with Crippen LogP contribution in [0.4, 0.5) is 10.2 Å². The van der Waals surface area contributed by atoms with Gasteiger partial charge in [0.2, 0.25) is 5.91 Å². The van der Waals surface area contributed by atoms with Crippen molar-refractivity contribution in [2.75, 3.05) is 5.32 Å². The quantitative estimate of drug-likeness (QED) is 0.611. The first kappa shape index (κ1) is 19.6. The molecule has 0 fully saturated rings. The van der Waals surface area contributed by atoms with Crippen LogP contribution >= 0.6 is 15.9 Å². The molecule has 3 aromatic rings. The van der Waals surface area contributed by atoms with Gasteiger partial charge in [-0.25, -0.2) is 14.4 Å². The van der Waals surface area contributed by atoms with Crippen LogP contribution in [0.25, 0.3) is 0 Å². The summed E-state index contributed by atoms with van der Waals surface area (Å²) in [6, 6.07) is 14.6. The van der Waals surface area contributed by atoms with Crippen molar-refractivity contribution in [2.24, 2.45) is 0 Å². The molecule has 0 atom stereocenters. The van der Waals surface area contributed by atoms with Crippen LogP contribution in [-0.2, 0) is 17.8 Å². The van der Waals surface area contributed by atoms with Crippen molar-refractivity contribution < 1.29 is 14.0 Å². The highest BCUT2D eigenvalue weighted by molar-refractivity contribution is 9.10. The van der Waals surface area contributed by atoms with E-state index in [9.17, 15) is 14.0 Å². The average molecular weight is 443 g/mol. The summed E-state index contributed by atoms with van der Waals surface area (Å²) in [5.41, 5.74) is 1.73. The molecule has 0 saturated heterocycles. The number of rotatable bonds is 6. The third kappa shape index (κ3) is 5.68. The maximum atomic E-state index is 12.9. The summed E-state index contributed by atoms with van der Waals surface area (Å²) in [6.07, 6.45) is 1.39. The molecule has 0 aliphatic heterocycles. The fourth-order valence-electron chi connectivity index (χ4n) is 2.40. The molecule has 0 aliphatic carbocycles. The molecule has 28 heavy (non-hydrogen) atoms. The number of carbonyl (C=O) groups excluding carboxylic acids is 2. The van der Waals surface area contributed by atoms with Gasteiger partial charge in [-0.1, -0.05) is 40.2 Å². The summed E-state index contributed by atoms with van der Waals surface area (Å²) in [7, 11) is 0. The summed E-state index contributed by atoms with van der Waals surface area (Å²) < 4.78 is 13.8. The van der Waals surface area contributed by atoms with Gasteiger partial charge in [0.1, 0.15) is 23.7 Å². The smallest absolute Gasteiger partial charge is 0.270 e. The van der Waals surface area contributed by atoms with Crippen LogP contribution in [0.3, 0.4) is 0 Å². The molecule has 1 aromatic heterocycles. The number of anilines is 1. The molecule has 2 amide bonds. The predicted octanol–water partition coefficient (Wildman–Crippen LogP) is 3.49. The lowest BCUT2D eigenvalue weighted by molar-refractivity contribution is -0.115. The van der Waals surface area contributed by atoms with Crippen molar-refractivity contribution >= 4 is 33.6 Å². The van der Waals surface area contributed by atoms with Crippen LogP contribution in [0.2, 0.25) is 0 Å². The predicted molar refractivity (Wildman–Crippen MR) is 106 cm³/mol. The zero-order valence-corrected chi connectivity index (χ0v) is 16.2. The maximum absolute atomic E-state index is 12.9. The van der Waals surface area contributed by atoms with Crippen LogP contribution in [0.5, 0.6) is 0 Å². The Balaban J connectivity index is 1.57. The topological polar surface area (TPSA) is 84.0 Å². The molecular weight excluding hydrogens is 427 g/mol. The molecule has 142 valence electrons. The normalized spacial score (nSPS) is 10.4. The number of carbonyl (C=O) groups is 2. The van der Waals surface area contributed by atoms with E-state index in [1.807, 2.05) is 24.3 Å². The Morgan fingerprint density at radius 3 is 2.36 bits per heavy atom. The first-order valence-electron chi connectivity index (χ1n) is 8.38. The zero-order chi connectivity index (χ0) is 19.9. The Bertz CT molecular complexity index is 978. The molecule has 0 radical (unpaired) electrons. The minimum absolute atomic E-state index is 0.121. The van der Waals surface area contributed by atoms with E-state index in [0.29, 0.717) is 0 Å². The fraction of sp³-hybridized carbons (Fsp3) is 0.100. The standard InChI is InChI=1S/C20H16BrFN4O2/c21-15-5-1-13(2-6-15)9-19(27)26-18-10-17(24-12-25-18)20(28)23-11-14-3-7-16(22)8-4-14/h1-8,10,12H,9,11H2,(H,23,28)(H,24,25,26,27). The highest BCUT2D eigenvalue weighted by Crippen LogP contribution is 2.12. The van der Waals surface area contributed by atoms with E-state index in [1.165, 1.54) is 24.5 Å². The van der Waals surface area contributed by atoms with Gasteiger partial charge in [-0.2, -0.15) is 0 Å². The van der Waals surface area contributed by atoms with Gasteiger partial charge in [-0.15, -0.1) is 0 Å². The van der Waals surface area contributed by atoms with Crippen molar-refractivity contribution in [3.05, 3.63) is 88.0 Å². The van der Waals surface area contributed by atoms with Crippen molar-refractivity contribution in [3.8, 4) is 0 Å². The minimum Gasteiger partial charge on any atom is -0.347 e. The van der Waals surface area contributed by atoms with E-state index in [4.69, 9.17) is 0 Å². The summed E-state index contributed by atoms with van der Waals surface area (Å²) in [6.45, 7) is 0.231. The largest absolute Gasteiger partial charge is 0.347 e. The third-order valence-corrected chi connectivity index (χ3v) is 4.34. The monoisotopic (exact) mass is 442 g/mol. The lowest BCUT2D eigenvalue weighted by Crippen LogP contribution is -2.24. The summed E-state index contributed by atoms with van der Waals surface area (Å²) in [5.74, 6) is -0.771. The number of halogens is 2. The van der Waals surface area contributed by atoms with E-state index in [-0.39, 0.29) is 36.2 Å². The Kier molecular flexibility index (Phi) is 6.44. The van der Waals surface area contributed by atoms with Gasteiger partial charge in [0.25, 0.3) is 5.91 Å². The second-order valence-corrected chi connectivity index (χ2v) is 6.86. The van der Waals surface area contributed by atoms with Crippen LogP contribution in [0.15, 0.2) is 65.4 Å². The lowest BCUT2D eigenvalue weighted by Gasteiger charge is -2.07. The van der Waals surface area contributed by atoms with Crippen LogP contribution < -0.4 is 10.6 Å². The van der Waals surface area contributed by atoms with Gasteiger partial charge < -0.3 is 10.6 Å².